The van der Waals surface area contributed by atoms with Gasteiger partial charge in [-0.25, -0.2) is 17.8 Å². The lowest BCUT2D eigenvalue weighted by atomic mass is 10.0. The van der Waals surface area contributed by atoms with Crippen LogP contribution in [-0.4, -0.2) is 34.9 Å². The molecule has 0 aliphatic carbocycles. The minimum atomic E-state index is -3.59. The van der Waals surface area contributed by atoms with Gasteiger partial charge in [0.1, 0.15) is 11.1 Å². The molecule has 0 amide bonds. The zero-order chi connectivity index (χ0) is 22.3. The van der Waals surface area contributed by atoms with Crippen LogP contribution in [0.15, 0.2) is 61.1 Å². The van der Waals surface area contributed by atoms with Crippen molar-refractivity contribution in [1.82, 2.24) is 13.9 Å². The molecule has 5 rings (SSSR count). The molecule has 6 nitrogen and oxygen atoms in total. The average Bonchev–Trinajstić information content (AvgIpc) is 3.26. The quantitative estimate of drug-likeness (QED) is 0.596. The Morgan fingerprint density at radius 2 is 1.91 bits per heavy atom. The molecule has 2 aliphatic heterocycles. The Bertz CT molecular complexity index is 1210. The Kier molecular flexibility index (Phi) is 5.51. The van der Waals surface area contributed by atoms with Crippen LogP contribution < -0.4 is 4.90 Å². The van der Waals surface area contributed by atoms with Gasteiger partial charge in [-0.2, -0.15) is 4.31 Å². The van der Waals surface area contributed by atoms with Crippen molar-refractivity contribution in [2.75, 3.05) is 11.4 Å². The number of anilines is 1. The summed E-state index contributed by atoms with van der Waals surface area (Å²) in [6.07, 6.45) is 4.98. The van der Waals surface area contributed by atoms with Crippen molar-refractivity contribution < 1.29 is 12.8 Å². The van der Waals surface area contributed by atoms with E-state index < -0.39 is 15.3 Å². The van der Waals surface area contributed by atoms with E-state index in [4.69, 9.17) is 0 Å². The average molecular weight is 455 g/mol. The molecule has 0 saturated carbocycles. The largest absolute Gasteiger partial charge is 0.364 e. The van der Waals surface area contributed by atoms with Crippen LogP contribution in [0.2, 0.25) is 0 Å². The van der Waals surface area contributed by atoms with Gasteiger partial charge in [-0.15, -0.1) is 0 Å². The first kappa shape index (κ1) is 21.2. The van der Waals surface area contributed by atoms with Gasteiger partial charge in [0.15, 0.2) is 0 Å². The number of sulfonamides is 1. The maximum atomic E-state index is 15.1. The second kappa shape index (κ2) is 8.33. The van der Waals surface area contributed by atoms with E-state index in [-0.39, 0.29) is 18.4 Å². The molecule has 0 N–H and O–H groups in total. The highest BCUT2D eigenvalue weighted by Gasteiger charge is 2.40. The van der Waals surface area contributed by atoms with Gasteiger partial charge in [-0.05, 0) is 37.5 Å². The number of hydrogen-bond donors (Lipinski definition) is 0. The maximum Gasteiger partial charge on any atom is 0.221 e. The maximum absolute atomic E-state index is 15.1. The topological polar surface area (TPSA) is 58.4 Å². The first-order valence-electron chi connectivity index (χ1n) is 11.0. The van der Waals surface area contributed by atoms with Crippen molar-refractivity contribution in [3.63, 3.8) is 0 Å². The van der Waals surface area contributed by atoms with Crippen LogP contribution in [0.1, 0.15) is 41.8 Å². The van der Waals surface area contributed by atoms with Crippen LogP contribution in [0, 0.1) is 5.82 Å². The first-order chi connectivity index (χ1) is 15.4. The minimum Gasteiger partial charge on any atom is -0.364 e. The molecule has 2 aromatic carbocycles. The van der Waals surface area contributed by atoms with Gasteiger partial charge < -0.3 is 9.47 Å². The Hall–Kier alpha value is -2.71. The lowest BCUT2D eigenvalue weighted by Gasteiger charge is -2.37. The van der Waals surface area contributed by atoms with Gasteiger partial charge in [0.25, 0.3) is 0 Å². The summed E-state index contributed by atoms with van der Waals surface area (Å²) in [4.78, 5) is 6.30. The van der Waals surface area contributed by atoms with Crippen LogP contribution in [0.25, 0.3) is 0 Å². The molecule has 8 heteroatoms. The smallest absolute Gasteiger partial charge is 0.221 e. The third kappa shape index (κ3) is 3.82. The van der Waals surface area contributed by atoms with E-state index in [0.29, 0.717) is 18.5 Å². The molecule has 2 atom stereocenters. The van der Waals surface area contributed by atoms with Crippen LogP contribution in [0.3, 0.4) is 0 Å². The van der Waals surface area contributed by atoms with Crippen molar-refractivity contribution in [1.29, 1.82) is 0 Å². The summed E-state index contributed by atoms with van der Waals surface area (Å²) in [6, 6.07) is 14.3. The molecule has 1 saturated heterocycles. The van der Waals surface area contributed by atoms with Gasteiger partial charge in [-0.1, -0.05) is 36.4 Å². The fourth-order valence-corrected chi connectivity index (χ4v) is 6.97. The molecule has 1 unspecified atom stereocenters. The summed E-state index contributed by atoms with van der Waals surface area (Å²) in [7, 11) is -3.59. The number of hydrogen-bond acceptors (Lipinski definition) is 4. The predicted molar refractivity (Wildman–Crippen MR) is 122 cm³/mol. The second-order valence-corrected chi connectivity index (χ2v) is 10.8. The zero-order valence-electron chi connectivity index (χ0n) is 18.1. The lowest BCUT2D eigenvalue weighted by Crippen LogP contribution is -2.44. The van der Waals surface area contributed by atoms with E-state index in [0.717, 1.165) is 36.5 Å². The van der Waals surface area contributed by atoms with Crippen molar-refractivity contribution in [2.45, 2.75) is 50.7 Å². The molecule has 168 valence electrons. The number of nitrogens with zero attached hydrogens (tertiary/aromatic N) is 4. The highest BCUT2D eigenvalue weighted by Crippen LogP contribution is 2.38. The summed E-state index contributed by atoms with van der Waals surface area (Å²) in [5.41, 5.74) is 3.10. The Balaban J connectivity index is 1.37. The summed E-state index contributed by atoms with van der Waals surface area (Å²) in [5, 5.41) is -0.583. The Morgan fingerprint density at radius 3 is 2.69 bits per heavy atom. The summed E-state index contributed by atoms with van der Waals surface area (Å²) in [6.45, 7) is 4.21. The molecule has 1 fully saturated rings. The third-order valence-corrected chi connectivity index (χ3v) is 9.06. The standard InChI is InChI=1S/C24H27FN4O2S/c1-18-7-10-24(19-5-3-2-4-6-19)32(30,31)29(18)15-20-8-9-21(13-23(20)25)27-11-12-28-17-26-14-22(28)16-27/h2-6,8-9,13-14,17-18,24H,7,10-12,15-16H2,1H3/t18-,24?/m0/s1. The van der Waals surface area contributed by atoms with E-state index in [1.54, 1.807) is 6.07 Å². The van der Waals surface area contributed by atoms with Crippen LogP contribution in [-0.2, 0) is 29.7 Å². The summed E-state index contributed by atoms with van der Waals surface area (Å²) in [5.74, 6) is -0.370. The van der Waals surface area contributed by atoms with Crippen LogP contribution in [0.5, 0.6) is 0 Å². The van der Waals surface area contributed by atoms with Crippen LogP contribution in [0.4, 0.5) is 10.1 Å². The summed E-state index contributed by atoms with van der Waals surface area (Å²) >= 11 is 0. The molecular formula is C24H27FN4O2S. The highest BCUT2D eigenvalue weighted by atomic mass is 32.2. The van der Waals surface area contributed by atoms with E-state index in [1.165, 1.54) is 10.4 Å². The van der Waals surface area contributed by atoms with E-state index in [1.807, 2.05) is 55.8 Å². The van der Waals surface area contributed by atoms with Gasteiger partial charge in [0.05, 0.1) is 18.6 Å². The monoisotopic (exact) mass is 454 g/mol. The van der Waals surface area contributed by atoms with Crippen molar-refractivity contribution in [2.24, 2.45) is 0 Å². The molecular weight excluding hydrogens is 427 g/mol. The SMILES string of the molecule is C[C@H]1CCC(c2ccccc2)S(=O)(=O)N1Cc1ccc(N2CCn3cncc3C2)cc1F. The predicted octanol–water partition coefficient (Wildman–Crippen LogP) is 4.10. The number of aromatic nitrogens is 2. The summed E-state index contributed by atoms with van der Waals surface area (Å²) < 4.78 is 45.6. The van der Waals surface area contributed by atoms with E-state index in [9.17, 15) is 8.42 Å². The van der Waals surface area contributed by atoms with Gasteiger partial charge in [-0.3, -0.25) is 0 Å². The van der Waals surface area contributed by atoms with Gasteiger partial charge in [0.2, 0.25) is 10.0 Å². The zero-order valence-corrected chi connectivity index (χ0v) is 18.9. The van der Waals surface area contributed by atoms with Gasteiger partial charge in [0, 0.05) is 43.1 Å². The molecule has 0 bridgehead atoms. The second-order valence-electron chi connectivity index (χ2n) is 8.69. The fraction of sp³-hybridized carbons (Fsp3) is 0.375. The molecule has 2 aliphatic rings. The van der Waals surface area contributed by atoms with Crippen molar-refractivity contribution in [3.05, 3.63) is 83.7 Å². The van der Waals surface area contributed by atoms with Gasteiger partial charge >= 0.3 is 0 Å². The molecule has 32 heavy (non-hydrogen) atoms. The van der Waals surface area contributed by atoms with E-state index >= 15 is 4.39 Å². The molecule has 1 aromatic heterocycles. The molecule has 3 heterocycles. The highest BCUT2D eigenvalue weighted by molar-refractivity contribution is 7.89. The van der Waals surface area contributed by atoms with E-state index in [2.05, 4.69) is 14.5 Å². The Labute approximate surface area is 188 Å². The number of benzene rings is 2. The lowest BCUT2D eigenvalue weighted by molar-refractivity contribution is 0.279. The van der Waals surface area contributed by atoms with Crippen molar-refractivity contribution in [3.8, 4) is 0 Å². The number of fused-ring (bicyclic) bond motifs is 1. The molecule has 0 radical (unpaired) electrons. The minimum absolute atomic E-state index is 0.0473. The number of rotatable bonds is 4. The number of imidazole rings is 1. The molecule has 0 spiro atoms. The molecule has 3 aromatic rings. The number of halogens is 1. The third-order valence-electron chi connectivity index (χ3n) is 6.69. The Morgan fingerprint density at radius 1 is 1.09 bits per heavy atom. The van der Waals surface area contributed by atoms with Crippen LogP contribution >= 0.6 is 0 Å². The van der Waals surface area contributed by atoms with Crippen molar-refractivity contribution >= 4 is 15.7 Å². The first-order valence-corrected chi connectivity index (χ1v) is 12.5. The fourth-order valence-electron chi connectivity index (χ4n) is 4.79. The normalized spacial score (nSPS) is 23.1.